The molecule has 1 atom stereocenters. The summed E-state index contributed by atoms with van der Waals surface area (Å²) in [6.07, 6.45) is 4.96. The molecule has 0 saturated heterocycles. The van der Waals surface area contributed by atoms with Crippen molar-refractivity contribution in [1.82, 2.24) is 4.31 Å². The minimum Gasteiger partial charge on any atom is -0.264 e. The van der Waals surface area contributed by atoms with Crippen molar-refractivity contribution in [2.24, 2.45) is 0 Å². The van der Waals surface area contributed by atoms with Crippen molar-refractivity contribution in [3.63, 3.8) is 0 Å². The smallest absolute Gasteiger partial charge is 0.264 e. The van der Waals surface area contributed by atoms with Crippen LogP contribution >= 0.6 is 0 Å². The zero-order chi connectivity index (χ0) is 21.2. The van der Waals surface area contributed by atoms with Crippen LogP contribution < -0.4 is 0 Å². The van der Waals surface area contributed by atoms with Crippen molar-refractivity contribution in [2.45, 2.75) is 43.5 Å². The largest absolute Gasteiger partial charge is 0.267 e. The third-order valence-electron chi connectivity index (χ3n) is 5.00. The molecule has 152 valence electrons. The van der Waals surface area contributed by atoms with E-state index >= 15 is 0 Å². The Hall–Kier alpha value is -2.93. The summed E-state index contributed by atoms with van der Waals surface area (Å²) in [5.41, 5.74) is 1.38. The molecule has 3 rings (SSSR count). The van der Waals surface area contributed by atoms with Gasteiger partial charge in [0.25, 0.3) is 10.0 Å². The van der Waals surface area contributed by atoms with Gasteiger partial charge in [-0.25, -0.2) is 12.7 Å². The molecule has 0 spiro atoms. The topological polar surface area (TPSA) is 80.5 Å². The highest BCUT2D eigenvalue weighted by Gasteiger charge is 2.36. The zero-order valence-electron chi connectivity index (χ0n) is 16.6. The summed E-state index contributed by atoms with van der Waals surface area (Å²) >= 11 is 0. The molecule has 29 heavy (non-hydrogen) atoms. The molecule has 7 heteroatoms. The lowest BCUT2D eigenvalue weighted by atomic mass is 9.83. The van der Waals surface area contributed by atoms with E-state index < -0.39 is 15.6 Å². The Balaban J connectivity index is 2.02. The normalized spacial score (nSPS) is 17.1. The number of nitro groups is 1. The maximum Gasteiger partial charge on any atom is 0.267 e. The molecule has 0 aromatic heterocycles. The maximum atomic E-state index is 13.1. The molecule has 0 fully saturated rings. The fourth-order valence-electron chi connectivity index (χ4n) is 3.27. The fraction of sp³-hybridized carbons (Fsp3) is 0.273. The number of nitrogens with zero attached hydrogens (tertiary/aromatic N) is 2. The van der Waals surface area contributed by atoms with Crippen LogP contribution in [0.15, 0.2) is 83.5 Å². The SMILES string of the molecule is Cc1ccc(S(=O)(=O)N2C=CC(c3ccccc3)C(CC(C)(C)[N+](=O)[O-])=C2)cc1. The predicted octanol–water partition coefficient (Wildman–Crippen LogP) is 4.63. The molecule has 0 N–H and O–H groups in total. The molecule has 6 nitrogen and oxygen atoms in total. The Kier molecular flexibility index (Phi) is 5.61. The predicted molar refractivity (Wildman–Crippen MR) is 112 cm³/mol. The van der Waals surface area contributed by atoms with Crippen LogP contribution in [0.25, 0.3) is 0 Å². The number of allylic oxidation sites excluding steroid dienone is 1. The molecule has 2 aromatic rings. The van der Waals surface area contributed by atoms with E-state index in [9.17, 15) is 18.5 Å². The second-order valence-electron chi connectivity index (χ2n) is 7.83. The van der Waals surface area contributed by atoms with Crippen molar-refractivity contribution in [1.29, 1.82) is 0 Å². The Morgan fingerprint density at radius 1 is 1.07 bits per heavy atom. The lowest BCUT2D eigenvalue weighted by Crippen LogP contribution is -2.33. The molecule has 0 amide bonds. The number of hydrogen-bond acceptors (Lipinski definition) is 4. The average Bonchev–Trinajstić information content (AvgIpc) is 2.68. The van der Waals surface area contributed by atoms with E-state index in [1.54, 1.807) is 44.2 Å². The van der Waals surface area contributed by atoms with E-state index in [0.717, 1.165) is 15.4 Å². The average molecular weight is 413 g/mol. The Bertz CT molecular complexity index is 1060. The molecule has 0 aliphatic carbocycles. The van der Waals surface area contributed by atoms with Crippen LogP contribution in [0.5, 0.6) is 0 Å². The maximum absolute atomic E-state index is 13.1. The van der Waals surface area contributed by atoms with E-state index in [0.29, 0.717) is 5.57 Å². The summed E-state index contributed by atoms with van der Waals surface area (Å²) in [6, 6.07) is 16.2. The number of benzene rings is 2. The minimum absolute atomic E-state index is 0.129. The van der Waals surface area contributed by atoms with E-state index in [1.807, 2.05) is 37.3 Å². The number of hydrogen-bond donors (Lipinski definition) is 0. The molecule has 1 heterocycles. The molecule has 0 bridgehead atoms. The van der Waals surface area contributed by atoms with Crippen molar-refractivity contribution in [3.05, 3.63) is 99.9 Å². The van der Waals surface area contributed by atoms with Gasteiger partial charge >= 0.3 is 0 Å². The third-order valence-corrected chi connectivity index (χ3v) is 6.65. The highest BCUT2D eigenvalue weighted by molar-refractivity contribution is 7.89. The Morgan fingerprint density at radius 2 is 1.69 bits per heavy atom. The molecular weight excluding hydrogens is 388 g/mol. The van der Waals surface area contributed by atoms with Gasteiger partial charge in [0.1, 0.15) is 0 Å². The first-order chi connectivity index (χ1) is 13.6. The minimum atomic E-state index is -3.79. The first kappa shape index (κ1) is 20.8. The number of sulfonamides is 1. The van der Waals surface area contributed by atoms with Gasteiger partial charge in [0, 0.05) is 43.5 Å². The van der Waals surface area contributed by atoms with Gasteiger partial charge in [0.2, 0.25) is 5.54 Å². The van der Waals surface area contributed by atoms with E-state index in [4.69, 9.17) is 0 Å². The van der Waals surface area contributed by atoms with E-state index in [2.05, 4.69) is 0 Å². The van der Waals surface area contributed by atoms with E-state index in [-0.39, 0.29) is 22.2 Å². The van der Waals surface area contributed by atoms with Gasteiger partial charge in [-0.3, -0.25) is 10.1 Å². The van der Waals surface area contributed by atoms with E-state index in [1.165, 1.54) is 12.4 Å². The standard InChI is InChI=1S/C22H24N2O4S/c1-17-9-11-20(12-10-17)29(27,28)23-14-13-21(18-7-5-4-6-8-18)19(16-23)15-22(2,3)24(25)26/h4-14,16,21H,15H2,1-3H3. The van der Waals surface area contributed by atoms with Gasteiger partial charge in [-0.15, -0.1) is 0 Å². The highest BCUT2D eigenvalue weighted by atomic mass is 32.2. The molecule has 0 saturated carbocycles. The number of rotatable bonds is 6. The van der Waals surface area contributed by atoms with Gasteiger partial charge in [0.15, 0.2) is 0 Å². The zero-order valence-corrected chi connectivity index (χ0v) is 17.5. The highest BCUT2D eigenvalue weighted by Crippen LogP contribution is 2.37. The van der Waals surface area contributed by atoms with Gasteiger partial charge in [0.05, 0.1) is 4.90 Å². The summed E-state index contributed by atoms with van der Waals surface area (Å²) < 4.78 is 27.3. The summed E-state index contributed by atoms with van der Waals surface area (Å²) in [4.78, 5) is 11.3. The first-order valence-corrected chi connectivity index (χ1v) is 10.7. The number of aryl methyl sites for hydroxylation is 1. The molecular formula is C22H24N2O4S. The molecule has 1 unspecified atom stereocenters. The quantitative estimate of drug-likeness (QED) is 0.512. The monoisotopic (exact) mass is 412 g/mol. The Morgan fingerprint density at radius 3 is 2.28 bits per heavy atom. The van der Waals surface area contributed by atoms with Crippen LogP contribution in [0.2, 0.25) is 0 Å². The van der Waals surface area contributed by atoms with Crippen molar-refractivity contribution < 1.29 is 13.3 Å². The fourth-order valence-corrected chi connectivity index (χ4v) is 4.50. The summed E-state index contributed by atoms with van der Waals surface area (Å²) in [5.74, 6) is -0.222. The van der Waals surface area contributed by atoms with Crippen LogP contribution in [0.4, 0.5) is 0 Å². The van der Waals surface area contributed by atoms with Crippen LogP contribution in [0.3, 0.4) is 0 Å². The van der Waals surface area contributed by atoms with Gasteiger partial charge < -0.3 is 0 Å². The Labute approximate surface area is 171 Å². The molecule has 0 radical (unpaired) electrons. The van der Waals surface area contributed by atoms with Gasteiger partial charge in [-0.1, -0.05) is 54.1 Å². The lowest BCUT2D eigenvalue weighted by molar-refractivity contribution is -0.560. The second-order valence-corrected chi connectivity index (χ2v) is 9.67. The molecule has 1 aliphatic heterocycles. The van der Waals surface area contributed by atoms with Crippen molar-refractivity contribution in [3.8, 4) is 0 Å². The third kappa shape index (κ3) is 4.40. The van der Waals surface area contributed by atoms with Crippen LogP contribution in [-0.2, 0) is 10.0 Å². The molecule has 1 aliphatic rings. The summed E-state index contributed by atoms with van der Waals surface area (Å²) in [7, 11) is -3.79. The first-order valence-electron chi connectivity index (χ1n) is 9.30. The molecule has 2 aromatic carbocycles. The lowest BCUT2D eigenvalue weighted by Gasteiger charge is -2.29. The van der Waals surface area contributed by atoms with Gasteiger partial charge in [-0.2, -0.15) is 0 Å². The van der Waals surface area contributed by atoms with Crippen molar-refractivity contribution in [2.75, 3.05) is 0 Å². The summed E-state index contributed by atoms with van der Waals surface area (Å²) in [5, 5.41) is 11.5. The van der Waals surface area contributed by atoms with Crippen molar-refractivity contribution >= 4 is 10.0 Å². The van der Waals surface area contributed by atoms with Crippen LogP contribution in [0, 0.1) is 17.0 Å². The second kappa shape index (κ2) is 7.83. The van der Waals surface area contributed by atoms with Crippen LogP contribution in [-0.4, -0.2) is 23.2 Å². The van der Waals surface area contributed by atoms with Gasteiger partial charge in [-0.05, 0) is 30.2 Å². The van der Waals surface area contributed by atoms with Crippen LogP contribution in [0.1, 0.15) is 37.3 Å². The summed E-state index contributed by atoms with van der Waals surface area (Å²) in [6.45, 7) is 4.99.